The van der Waals surface area contributed by atoms with Gasteiger partial charge in [0.1, 0.15) is 5.76 Å². The predicted octanol–water partition coefficient (Wildman–Crippen LogP) is 5.20. The fourth-order valence-corrected chi connectivity index (χ4v) is 2.68. The number of amides is 1. The van der Waals surface area contributed by atoms with Gasteiger partial charge in [0.25, 0.3) is 5.91 Å². The van der Waals surface area contributed by atoms with Gasteiger partial charge in [-0.1, -0.05) is 23.2 Å². The summed E-state index contributed by atoms with van der Waals surface area (Å²) in [6.45, 7) is 0. The monoisotopic (exact) mass is 375 g/mol. The number of halogens is 2. The number of benzene rings is 2. The molecule has 0 saturated heterocycles. The zero-order chi connectivity index (χ0) is 18.0. The number of carboxylic acid groups (broad SMARTS) is 1. The maximum Gasteiger partial charge on any atom is 0.335 e. The molecule has 1 heterocycles. The molecule has 25 heavy (non-hydrogen) atoms. The van der Waals surface area contributed by atoms with Crippen LogP contribution in [0, 0.1) is 0 Å². The summed E-state index contributed by atoms with van der Waals surface area (Å²) in [6.07, 6.45) is 0. The van der Waals surface area contributed by atoms with Crippen LogP contribution in [0.4, 0.5) is 5.69 Å². The van der Waals surface area contributed by atoms with Gasteiger partial charge in [-0.25, -0.2) is 4.79 Å². The van der Waals surface area contributed by atoms with Gasteiger partial charge in [-0.15, -0.1) is 0 Å². The van der Waals surface area contributed by atoms with Gasteiger partial charge in [-0.2, -0.15) is 0 Å². The predicted molar refractivity (Wildman–Crippen MR) is 95.5 cm³/mol. The number of carboxylic acids is 1. The van der Waals surface area contributed by atoms with Crippen molar-refractivity contribution in [1.29, 1.82) is 0 Å². The maximum absolute atomic E-state index is 12.2. The molecule has 0 aliphatic rings. The second-order valence-corrected chi connectivity index (χ2v) is 5.97. The Bertz CT molecular complexity index is 948. The molecule has 126 valence electrons. The first kappa shape index (κ1) is 17.1. The van der Waals surface area contributed by atoms with Crippen molar-refractivity contribution < 1.29 is 19.1 Å². The summed E-state index contributed by atoms with van der Waals surface area (Å²) >= 11 is 12.0. The van der Waals surface area contributed by atoms with Crippen molar-refractivity contribution in [3.8, 4) is 11.3 Å². The van der Waals surface area contributed by atoms with Crippen molar-refractivity contribution in [3.05, 3.63) is 76.0 Å². The van der Waals surface area contributed by atoms with Crippen molar-refractivity contribution >= 4 is 40.8 Å². The van der Waals surface area contributed by atoms with E-state index in [0.29, 0.717) is 27.1 Å². The van der Waals surface area contributed by atoms with Gasteiger partial charge >= 0.3 is 5.97 Å². The molecule has 0 aliphatic heterocycles. The summed E-state index contributed by atoms with van der Waals surface area (Å²) in [7, 11) is 0. The second kappa shape index (κ2) is 7.01. The average Bonchev–Trinajstić information content (AvgIpc) is 3.05. The Balaban J connectivity index is 1.77. The molecule has 0 spiro atoms. The van der Waals surface area contributed by atoms with Crippen LogP contribution in [0.3, 0.4) is 0 Å². The molecule has 5 nitrogen and oxygen atoms in total. The molecule has 1 aromatic heterocycles. The van der Waals surface area contributed by atoms with E-state index in [4.69, 9.17) is 32.7 Å². The molecule has 0 unspecified atom stereocenters. The fraction of sp³-hybridized carbons (Fsp3) is 0. The van der Waals surface area contributed by atoms with Crippen molar-refractivity contribution in [1.82, 2.24) is 0 Å². The average molecular weight is 376 g/mol. The van der Waals surface area contributed by atoms with E-state index in [-0.39, 0.29) is 11.3 Å². The molecular formula is C18H11Cl2NO4. The minimum atomic E-state index is -1.03. The first-order valence-corrected chi connectivity index (χ1v) is 7.89. The van der Waals surface area contributed by atoms with E-state index in [1.165, 1.54) is 30.3 Å². The number of carbonyl (C=O) groups is 2. The molecule has 2 N–H and O–H groups in total. The molecule has 0 atom stereocenters. The van der Waals surface area contributed by atoms with Crippen LogP contribution in [0.5, 0.6) is 0 Å². The number of anilines is 1. The Kier molecular flexibility index (Phi) is 4.79. The minimum Gasteiger partial charge on any atom is -0.478 e. The lowest BCUT2D eigenvalue weighted by Gasteiger charge is -2.04. The van der Waals surface area contributed by atoms with E-state index in [1.54, 1.807) is 24.3 Å². The molecule has 3 rings (SSSR count). The van der Waals surface area contributed by atoms with Gasteiger partial charge in [0.05, 0.1) is 10.6 Å². The van der Waals surface area contributed by atoms with E-state index in [2.05, 4.69) is 5.32 Å². The molecule has 0 fully saturated rings. The third-order valence-electron chi connectivity index (χ3n) is 3.42. The molecule has 7 heteroatoms. The topological polar surface area (TPSA) is 79.5 Å². The van der Waals surface area contributed by atoms with Gasteiger partial charge in [0.15, 0.2) is 5.76 Å². The normalized spacial score (nSPS) is 10.5. The van der Waals surface area contributed by atoms with Crippen molar-refractivity contribution in [2.45, 2.75) is 0 Å². The van der Waals surface area contributed by atoms with Crippen LogP contribution in [0.1, 0.15) is 20.9 Å². The standard InChI is InChI=1S/C18H11Cl2NO4/c19-11-3-6-13(14(20)9-11)15-7-8-16(25-15)17(22)21-12-4-1-10(2-5-12)18(23)24/h1-9H,(H,21,22)(H,23,24). The maximum atomic E-state index is 12.2. The van der Waals surface area contributed by atoms with Gasteiger partial charge < -0.3 is 14.8 Å². The Labute approximate surface area is 152 Å². The molecule has 0 radical (unpaired) electrons. The van der Waals surface area contributed by atoms with E-state index < -0.39 is 11.9 Å². The SMILES string of the molecule is O=C(O)c1ccc(NC(=O)c2ccc(-c3ccc(Cl)cc3Cl)o2)cc1. The Morgan fingerprint density at radius 1 is 0.960 bits per heavy atom. The molecule has 1 amide bonds. The van der Waals surface area contributed by atoms with E-state index in [9.17, 15) is 9.59 Å². The van der Waals surface area contributed by atoms with E-state index in [0.717, 1.165) is 0 Å². The van der Waals surface area contributed by atoms with Crippen LogP contribution in [0.25, 0.3) is 11.3 Å². The zero-order valence-corrected chi connectivity index (χ0v) is 14.1. The number of aromatic carboxylic acids is 1. The molecule has 3 aromatic rings. The molecule has 0 saturated carbocycles. The van der Waals surface area contributed by atoms with Crippen LogP contribution in [-0.4, -0.2) is 17.0 Å². The van der Waals surface area contributed by atoms with Gasteiger partial charge in [-0.05, 0) is 54.6 Å². The summed E-state index contributed by atoms with van der Waals surface area (Å²) in [5, 5.41) is 12.4. The van der Waals surface area contributed by atoms with Crippen molar-refractivity contribution in [2.75, 3.05) is 5.32 Å². The molecule has 0 bridgehead atoms. The number of nitrogens with one attached hydrogen (secondary N) is 1. The van der Waals surface area contributed by atoms with Crippen LogP contribution < -0.4 is 5.32 Å². The first-order chi connectivity index (χ1) is 11.9. The number of rotatable bonds is 4. The Hall–Kier alpha value is -2.76. The minimum absolute atomic E-state index is 0.100. The van der Waals surface area contributed by atoms with Gasteiger partial charge in [0, 0.05) is 16.3 Å². The van der Waals surface area contributed by atoms with Crippen LogP contribution >= 0.6 is 23.2 Å². The van der Waals surface area contributed by atoms with Gasteiger partial charge in [0.2, 0.25) is 0 Å². The van der Waals surface area contributed by atoms with Crippen LogP contribution in [-0.2, 0) is 0 Å². The summed E-state index contributed by atoms with van der Waals surface area (Å²) < 4.78 is 5.55. The summed E-state index contributed by atoms with van der Waals surface area (Å²) in [5.74, 6) is -0.954. The number of carbonyl (C=O) groups excluding carboxylic acids is 1. The van der Waals surface area contributed by atoms with Crippen molar-refractivity contribution in [2.24, 2.45) is 0 Å². The highest BCUT2D eigenvalue weighted by Crippen LogP contribution is 2.31. The highest BCUT2D eigenvalue weighted by molar-refractivity contribution is 6.36. The fourth-order valence-electron chi connectivity index (χ4n) is 2.18. The summed E-state index contributed by atoms with van der Waals surface area (Å²) in [5.41, 5.74) is 1.21. The van der Waals surface area contributed by atoms with Crippen LogP contribution in [0.2, 0.25) is 10.0 Å². The third-order valence-corrected chi connectivity index (χ3v) is 3.96. The first-order valence-electron chi connectivity index (χ1n) is 7.14. The third kappa shape index (κ3) is 3.84. The zero-order valence-electron chi connectivity index (χ0n) is 12.6. The lowest BCUT2D eigenvalue weighted by molar-refractivity contribution is 0.0696. The van der Waals surface area contributed by atoms with E-state index >= 15 is 0 Å². The number of furan rings is 1. The summed E-state index contributed by atoms with van der Waals surface area (Å²) in [6, 6.07) is 13.9. The van der Waals surface area contributed by atoms with Gasteiger partial charge in [-0.3, -0.25) is 4.79 Å². The second-order valence-electron chi connectivity index (χ2n) is 5.12. The lowest BCUT2D eigenvalue weighted by Crippen LogP contribution is -2.11. The quantitative estimate of drug-likeness (QED) is 0.656. The smallest absolute Gasteiger partial charge is 0.335 e. The van der Waals surface area contributed by atoms with E-state index in [1.807, 2.05) is 0 Å². The lowest BCUT2D eigenvalue weighted by atomic mass is 10.2. The highest BCUT2D eigenvalue weighted by atomic mass is 35.5. The largest absolute Gasteiger partial charge is 0.478 e. The highest BCUT2D eigenvalue weighted by Gasteiger charge is 2.14. The Morgan fingerprint density at radius 2 is 1.68 bits per heavy atom. The molecular weight excluding hydrogens is 365 g/mol. The molecule has 2 aromatic carbocycles. The Morgan fingerprint density at radius 3 is 2.32 bits per heavy atom. The van der Waals surface area contributed by atoms with Crippen LogP contribution in [0.15, 0.2) is 59.0 Å². The number of hydrogen-bond donors (Lipinski definition) is 2. The molecule has 0 aliphatic carbocycles. The summed E-state index contributed by atoms with van der Waals surface area (Å²) in [4.78, 5) is 23.1. The number of hydrogen-bond acceptors (Lipinski definition) is 3. The van der Waals surface area contributed by atoms with Crippen molar-refractivity contribution in [3.63, 3.8) is 0 Å².